The van der Waals surface area contributed by atoms with Crippen molar-refractivity contribution in [3.8, 4) is 23.0 Å². The summed E-state index contributed by atoms with van der Waals surface area (Å²) in [7, 11) is 8.46. The number of hydrogen-bond donors (Lipinski definition) is 0. The van der Waals surface area contributed by atoms with Crippen LogP contribution in [0.25, 0.3) is 0 Å². The Morgan fingerprint density at radius 2 is 0.729 bits per heavy atom. The molecule has 4 unspecified atom stereocenters. The summed E-state index contributed by atoms with van der Waals surface area (Å²) >= 11 is 0. The van der Waals surface area contributed by atoms with Gasteiger partial charge in [-0.25, -0.2) is 14.0 Å². The number of benzene rings is 8. The van der Waals surface area contributed by atoms with E-state index in [9.17, 15) is 0 Å². The van der Waals surface area contributed by atoms with Crippen LogP contribution in [0.5, 0.6) is 23.0 Å². The average molecular weight is 1510 g/mol. The van der Waals surface area contributed by atoms with Crippen LogP contribution in [-0.4, -0.2) is 113 Å². The summed E-state index contributed by atoms with van der Waals surface area (Å²) in [6.07, 6.45) is 23.0. The maximum atomic E-state index is 6.22. The van der Waals surface area contributed by atoms with Crippen LogP contribution in [0.4, 0.5) is 0 Å². The zero-order valence-corrected chi connectivity index (χ0v) is 67.6. The van der Waals surface area contributed by atoms with E-state index in [0.29, 0.717) is 34.3 Å². The SMILES string of the molecule is COCOc1c(C)cccc1Pc1ccccc1/C=N\n1cccc1.COCOc1c(Pc2ccccc2/C=N\N2CCCCC2)cc(C(C)(C)C)cc1C(C)(C)C.COCOc1ccc(C)cc1Pc1ccccc1/C=N\n1cccc1.COCOc1ccccc1Pc1ccccc1/C=N\n1cccc1. The first-order chi connectivity index (χ1) is 52.0. The molecular weight excluding hydrogens is 1410 g/mol. The molecular formula is C87H102N8O8P4. The summed E-state index contributed by atoms with van der Waals surface area (Å²) in [4.78, 5) is 0. The molecule has 0 spiro atoms. The summed E-state index contributed by atoms with van der Waals surface area (Å²) in [5, 5.41) is 30.1. The summed E-state index contributed by atoms with van der Waals surface area (Å²) in [5.41, 5.74) is 9.39. The Morgan fingerprint density at radius 1 is 0.346 bits per heavy atom. The first-order valence-electron chi connectivity index (χ1n) is 35.7. The van der Waals surface area contributed by atoms with Crippen LogP contribution in [0.3, 0.4) is 0 Å². The van der Waals surface area contributed by atoms with Gasteiger partial charge in [-0.3, -0.25) is 5.01 Å². The highest BCUT2D eigenvalue weighted by Crippen LogP contribution is 2.38. The molecule has 1 fully saturated rings. The zero-order valence-electron chi connectivity index (χ0n) is 63.6. The lowest BCUT2D eigenvalue weighted by atomic mass is 9.80. The van der Waals surface area contributed by atoms with Crippen molar-refractivity contribution in [2.45, 2.75) is 85.5 Å². The highest BCUT2D eigenvalue weighted by Gasteiger charge is 2.27. The summed E-state index contributed by atoms with van der Waals surface area (Å²) < 4.78 is 49.2. The Balaban J connectivity index is 0.000000166. The van der Waals surface area contributed by atoms with E-state index in [1.807, 2.05) is 147 Å². The Morgan fingerprint density at radius 3 is 1.19 bits per heavy atom. The van der Waals surface area contributed by atoms with E-state index in [1.54, 1.807) is 42.5 Å². The molecule has 107 heavy (non-hydrogen) atoms. The smallest absolute Gasteiger partial charge is 0.188 e. The van der Waals surface area contributed by atoms with Crippen LogP contribution in [-0.2, 0) is 29.8 Å². The Labute approximate surface area is 640 Å². The number of hydrogen-bond acceptors (Lipinski definition) is 13. The molecule has 1 saturated heterocycles. The van der Waals surface area contributed by atoms with Crippen LogP contribution in [0.1, 0.15) is 105 Å². The molecule has 1 aliphatic rings. The number of aromatic nitrogens is 3. The van der Waals surface area contributed by atoms with E-state index >= 15 is 0 Å². The molecule has 3 aromatic heterocycles. The van der Waals surface area contributed by atoms with Gasteiger partial charge in [0.05, 0.1) is 24.9 Å². The van der Waals surface area contributed by atoms with Gasteiger partial charge in [-0.1, -0.05) is 227 Å². The second-order valence-electron chi connectivity index (χ2n) is 27.1. The quantitative estimate of drug-likeness (QED) is 0.0266. The fraction of sp³-hybridized carbons (Fsp3) is 0.264. The molecule has 0 aliphatic carbocycles. The third-order valence-corrected chi connectivity index (χ3v) is 22.2. The maximum Gasteiger partial charge on any atom is 0.188 e. The lowest BCUT2D eigenvalue weighted by Gasteiger charge is -2.29. The lowest BCUT2D eigenvalue weighted by molar-refractivity contribution is 0.0505. The first kappa shape index (κ1) is 81.9. The average Bonchev–Trinajstić information content (AvgIpc) is 0.789. The van der Waals surface area contributed by atoms with Gasteiger partial charge in [0, 0.05) is 128 Å². The summed E-state index contributed by atoms with van der Waals surface area (Å²) in [6.45, 7) is 20.8. The van der Waals surface area contributed by atoms with Gasteiger partial charge in [0.15, 0.2) is 27.2 Å². The van der Waals surface area contributed by atoms with Crippen LogP contribution < -0.4 is 61.4 Å². The molecule has 0 saturated carbocycles. The summed E-state index contributed by atoms with van der Waals surface area (Å²) in [6, 6.07) is 70.4. The van der Waals surface area contributed by atoms with E-state index in [1.165, 1.54) is 78.6 Å². The Kier molecular flexibility index (Phi) is 32.9. The minimum atomic E-state index is -0.0429. The number of hydrazone groups is 1. The molecule has 12 rings (SSSR count). The number of nitrogens with zero attached hydrogens (tertiary/aromatic N) is 8. The topological polar surface area (TPSA) is 141 Å². The van der Waals surface area contributed by atoms with E-state index in [-0.39, 0.29) is 38.0 Å². The highest BCUT2D eigenvalue weighted by molar-refractivity contribution is 7.57. The van der Waals surface area contributed by atoms with Crippen molar-refractivity contribution in [2.75, 3.05) is 68.7 Å². The van der Waals surface area contributed by atoms with Gasteiger partial charge in [-0.05, 0) is 137 Å². The highest BCUT2D eigenvalue weighted by atomic mass is 31.1. The Hall–Kier alpha value is -9.16. The van der Waals surface area contributed by atoms with Gasteiger partial charge >= 0.3 is 0 Å². The predicted octanol–water partition coefficient (Wildman–Crippen LogP) is 15.3. The second kappa shape index (κ2) is 43.0. The number of ether oxygens (including phenoxy) is 8. The van der Waals surface area contributed by atoms with E-state index in [0.717, 1.165) is 63.6 Å². The zero-order chi connectivity index (χ0) is 75.6. The third-order valence-electron chi connectivity index (χ3n) is 16.7. The fourth-order valence-electron chi connectivity index (χ4n) is 11.1. The first-order valence-corrected chi connectivity index (χ1v) is 39.7. The molecule has 558 valence electrons. The van der Waals surface area contributed by atoms with Crippen molar-refractivity contribution in [3.05, 3.63) is 288 Å². The molecule has 0 radical (unpaired) electrons. The van der Waals surface area contributed by atoms with Crippen LogP contribution in [0.15, 0.2) is 264 Å². The molecule has 4 atom stereocenters. The number of aryl methyl sites for hydroxylation is 2. The van der Waals surface area contributed by atoms with Crippen LogP contribution >= 0.6 is 34.3 Å². The minimum absolute atomic E-state index is 0.0429. The van der Waals surface area contributed by atoms with Crippen molar-refractivity contribution in [2.24, 2.45) is 20.4 Å². The molecule has 0 N–H and O–H groups in total. The van der Waals surface area contributed by atoms with E-state index < -0.39 is 0 Å². The van der Waals surface area contributed by atoms with Crippen LogP contribution in [0, 0.1) is 13.8 Å². The van der Waals surface area contributed by atoms with Gasteiger partial charge in [0.1, 0.15) is 23.0 Å². The van der Waals surface area contributed by atoms with E-state index in [2.05, 4.69) is 197 Å². The molecule has 16 nitrogen and oxygen atoms in total. The van der Waals surface area contributed by atoms with Gasteiger partial charge in [0.2, 0.25) is 0 Å². The molecule has 20 heteroatoms. The normalized spacial score (nSPS) is 12.8. The number of para-hydroxylation sites is 2. The Bertz CT molecular complexity index is 4510. The molecule has 1 aliphatic heterocycles. The summed E-state index contributed by atoms with van der Waals surface area (Å²) in [5.74, 6) is 3.58. The third kappa shape index (κ3) is 26.3. The van der Waals surface area contributed by atoms with Crippen molar-refractivity contribution >= 4 is 102 Å². The standard InChI is InChI=1S/C28H41N2O2P.2C20H21N2O2P.C19H19N2O2P/c1-27(2,3)22-17-23(28(4,5)6)26(32-20-31-7)25(18-22)33-24-14-10-9-13-21(24)19-29-30-15-11-8-12-16-30;1-16-8-7-11-19(20(16)24-15-23-2)25-18-10-4-3-9-17(18)14-21-22-12-5-6-13-22;1-16-9-10-18(24-15-23-2)20(13-16)25-19-8-4-3-7-17(19)14-21-22-11-5-6-12-22;1-22-15-23-17-9-3-5-11-19(17)24-18-10-4-2-8-16(18)14-20-21-12-6-7-13-21/h9-10,13-14,17-19,33H,8,11-12,15-16,20H2,1-7H3;2*3-14,25H,15H2,1-2H3;2-14,24H,15H2,1H3/b29-19-;2*21-14-;20-14-. The molecule has 0 bridgehead atoms. The number of methoxy groups -OCH3 is 4. The number of rotatable bonds is 28. The van der Waals surface area contributed by atoms with Crippen molar-refractivity contribution in [1.29, 1.82) is 0 Å². The van der Waals surface area contributed by atoms with Crippen molar-refractivity contribution in [1.82, 2.24) is 19.0 Å². The fourth-order valence-corrected chi connectivity index (χ4v) is 16.3. The van der Waals surface area contributed by atoms with Crippen molar-refractivity contribution in [3.63, 3.8) is 0 Å². The van der Waals surface area contributed by atoms with E-state index in [4.69, 9.17) is 43.0 Å². The second-order valence-corrected chi connectivity index (χ2v) is 32.4. The molecule has 0 amide bonds. The van der Waals surface area contributed by atoms with Gasteiger partial charge in [-0.2, -0.15) is 20.4 Å². The molecule has 11 aromatic rings. The minimum Gasteiger partial charge on any atom is -0.467 e. The largest absolute Gasteiger partial charge is 0.467 e. The van der Waals surface area contributed by atoms with Crippen LogP contribution in [0.2, 0.25) is 0 Å². The van der Waals surface area contributed by atoms with Crippen molar-refractivity contribution < 1.29 is 37.9 Å². The number of piperidine rings is 1. The van der Waals surface area contributed by atoms with Gasteiger partial charge in [-0.15, -0.1) is 0 Å². The lowest BCUT2D eigenvalue weighted by Crippen LogP contribution is -2.25. The molecule has 4 heterocycles. The van der Waals surface area contributed by atoms with Gasteiger partial charge in [0.25, 0.3) is 0 Å². The molecule has 8 aromatic carbocycles. The predicted molar refractivity (Wildman–Crippen MR) is 454 cm³/mol. The monoisotopic (exact) mass is 1510 g/mol. The van der Waals surface area contributed by atoms with Gasteiger partial charge < -0.3 is 37.9 Å². The maximum absolute atomic E-state index is 6.22.